The quantitative estimate of drug-likeness (QED) is 0.590. The second-order valence-electron chi connectivity index (χ2n) is 5.14. The average molecular weight is 313 g/mol. The second-order valence-corrected chi connectivity index (χ2v) is 7.26. The van der Waals surface area contributed by atoms with Gasteiger partial charge in [0, 0.05) is 12.6 Å². The van der Waals surface area contributed by atoms with Crippen molar-refractivity contribution in [3.05, 3.63) is 35.9 Å². The third-order valence-electron chi connectivity index (χ3n) is 3.76. The maximum Gasteiger partial charge on any atom is 0.360 e. The van der Waals surface area contributed by atoms with Gasteiger partial charge in [0.05, 0.1) is 19.3 Å². The Morgan fingerprint density at radius 1 is 1.29 bits per heavy atom. The fourth-order valence-corrected chi connectivity index (χ4v) is 4.35. The normalized spacial score (nSPS) is 24.6. The standard InChI is InChI=1S/C15H24NO4P/c1-4-19-21(18,20-5-2)15(17)14-11-16(14)12(3)13-9-7-6-8-10-13/h6-10,12,14-15,17H,4-5,11H2,1-3H3/t12-,14+,15+,16?/m0/s1. The van der Waals surface area contributed by atoms with Gasteiger partial charge in [0.2, 0.25) is 0 Å². The third kappa shape index (κ3) is 3.74. The van der Waals surface area contributed by atoms with Crippen LogP contribution in [0.15, 0.2) is 30.3 Å². The molecular formula is C15H24NO4P. The van der Waals surface area contributed by atoms with E-state index in [0.717, 1.165) is 0 Å². The lowest BCUT2D eigenvalue weighted by molar-refractivity contribution is 0.137. The van der Waals surface area contributed by atoms with Gasteiger partial charge in [-0.15, -0.1) is 0 Å². The van der Waals surface area contributed by atoms with E-state index in [-0.39, 0.29) is 25.3 Å². The van der Waals surface area contributed by atoms with E-state index in [4.69, 9.17) is 9.05 Å². The molecule has 1 saturated heterocycles. The van der Waals surface area contributed by atoms with Crippen LogP contribution < -0.4 is 0 Å². The number of benzene rings is 1. The number of hydrogen-bond donors (Lipinski definition) is 1. The molecule has 118 valence electrons. The van der Waals surface area contributed by atoms with E-state index in [9.17, 15) is 9.67 Å². The van der Waals surface area contributed by atoms with Gasteiger partial charge >= 0.3 is 7.60 Å². The van der Waals surface area contributed by atoms with Crippen LogP contribution in [0.5, 0.6) is 0 Å². The summed E-state index contributed by atoms with van der Waals surface area (Å²) in [5.41, 5.74) is 1.18. The van der Waals surface area contributed by atoms with E-state index in [1.165, 1.54) is 5.56 Å². The Kier molecular flexibility index (Phi) is 5.58. The maximum atomic E-state index is 12.6. The summed E-state index contributed by atoms with van der Waals surface area (Å²) in [5, 5.41) is 10.4. The molecule has 6 heteroatoms. The number of hydrogen-bond acceptors (Lipinski definition) is 5. The summed E-state index contributed by atoms with van der Waals surface area (Å²) in [7, 11) is -3.46. The number of aliphatic hydroxyl groups excluding tert-OH is 1. The van der Waals surface area contributed by atoms with E-state index in [2.05, 4.69) is 24.0 Å². The van der Waals surface area contributed by atoms with E-state index >= 15 is 0 Å². The highest BCUT2D eigenvalue weighted by Gasteiger charge is 2.51. The third-order valence-corrected chi connectivity index (χ3v) is 5.98. The van der Waals surface area contributed by atoms with Crippen molar-refractivity contribution < 1.29 is 18.7 Å². The predicted molar refractivity (Wildman–Crippen MR) is 82.2 cm³/mol. The van der Waals surface area contributed by atoms with Crippen molar-refractivity contribution in [3.8, 4) is 0 Å². The van der Waals surface area contributed by atoms with Crippen LogP contribution in [0.25, 0.3) is 0 Å². The molecule has 0 amide bonds. The summed E-state index contributed by atoms with van der Waals surface area (Å²) in [6.45, 7) is 6.78. The molecule has 5 nitrogen and oxygen atoms in total. The smallest absolute Gasteiger partial charge is 0.360 e. The van der Waals surface area contributed by atoms with Crippen molar-refractivity contribution in [3.63, 3.8) is 0 Å². The molecule has 1 aliphatic rings. The molecule has 1 unspecified atom stereocenters. The van der Waals surface area contributed by atoms with Crippen LogP contribution in [0.2, 0.25) is 0 Å². The highest BCUT2D eigenvalue weighted by atomic mass is 31.2. The summed E-state index contributed by atoms with van der Waals surface area (Å²) in [4.78, 5) is 2.10. The Bertz CT molecular complexity index is 486. The van der Waals surface area contributed by atoms with Crippen LogP contribution in [-0.4, -0.2) is 41.7 Å². The molecule has 4 atom stereocenters. The number of nitrogens with zero attached hydrogens (tertiary/aromatic N) is 1. The van der Waals surface area contributed by atoms with E-state index < -0.39 is 13.4 Å². The monoisotopic (exact) mass is 313 g/mol. The van der Waals surface area contributed by atoms with Crippen molar-refractivity contribution in [2.24, 2.45) is 0 Å². The molecule has 2 rings (SSSR count). The minimum atomic E-state index is -3.46. The number of rotatable bonds is 8. The van der Waals surface area contributed by atoms with Gasteiger partial charge in [0.15, 0.2) is 5.85 Å². The average Bonchev–Trinajstić information content (AvgIpc) is 3.27. The van der Waals surface area contributed by atoms with Crippen LogP contribution in [-0.2, 0) is 13.6 Å². The molecule has 0 aliphatic carbocycles. The lowest BCUT2D eigenvalue weighted by Gasteiger charge is -2.23. The van der Waals surface area contributed by atoms with Gasteiger partial charge in [-0.05, 0) is 26.3 Å². The zero-order valence-electron chi connectivity index (χ0n) is 12.8. The van der Waals surface area contributed by atoms with Crippen molar-refractivity contribution in [1.29, 1.82) is 0 Å². The Balaban J connectivity index is 2.03. The minimum absolute atomic E-state index is 0.169. The van der Waals surface area contributed by atoms with Crippen LogP contribution in [0.4, 0.5) is 0 Å². The highest BCUT2D eigenvalue weighted by Crippen LogP contribution is 2.56. The second kappa shape index (κ2) is 7.03. The van der Waals surface area contributed by atoms with E-state index in [0.29, 0.717) is 6.54 Å². The van der Waals surface area contributed by atoms with Gasteiger partial charge in [-0.3, -0.25) is 9.46 Å². The van der Waals surface area contributed by atoms with Gasteiger partial charge in [-0.2, -0.15) is 0 Å². The maximum absolute atomic E-state index is 12.6. The zero-order chi connectivity index (χ0) is 15.5. The molecule has 0 radical (unpaired) electrons. The molecule has 1 aromatic rings. The minimum Gasteiger partial charge on any atom is -0.379 e. The lowest BCUT2D eigenvalue weighted by atomic mass is 10.1. The summed E-state index contributed by atoms with van der Waals surface area (Å²) in [6.07, 6.45) is 0. The van der Waals surface area contributed by atoms with Crippen molar-refractivity contribution in [1.82, 2.24) is 4.90 Å². The zero-order valence-corrected chi connectivity index (χ0v) is 13.7. The molecule has 0 bridgehead atoms. The molecular weight excluding hydrogens is 289 g/mol. The summed E-state index contributed by atoms with van der Waals surface area (Å²) >= 11 is 0. The molecule has 1 aliphatic heterocycles. The lowest BCUT2D eigenvalue weighted by Crippen LogP contribution is -2.23. The van der Waals surface area contributed by atoms with Crippen LogP contribution in [0.1, 0.15) is 32.4 Å². The van der Waals surface area contributed by atoms with Crippen LogP contribution in [0, 0.1) is 0 Å². The molecule has 0 spiro atoms. The SMILES string of the molecule is CCOP(=O)(OCC)[C@@H](O)[C@H]1CN1[C@@H](C)c1ccccc1. The molecule has 0 aromatic heterocycles. The largest absolute Gasteiger partial charge is 0.379 e. The van der Waals surface area contributed by atoms with Gasteiger partial charge < -0.3 is 14.2 Å². The first-order valence-electron chi connectivity index (χ1n) is 7.41. The van der Waals surface area contributed by atoms with Crippen LogP contribution >= 0.6 is 7.60 Å². The summed E-state index contributed by atoms with van der Waals surface area (Å²) in [5.74, 6) is -1.09. The first-order chi connectivity index (χ1) is 10.0. The molecule has 21 heavy (non-hydrogen) atoms. The van der Waals surface area contributed by atoms with Crippen molar-refractivity contribution in [2.45, 2.75) is 38.7 Å². The van der Waals surface area contributed by atoms with E-state index in [1.54, 1.807) is 13.8 Å². The molecule has 0 saturated carbocycles. The highest BCUT2D eigenvalue weighted by molar-refractivity contribution is 7.54. The van der Waals surface area contributed by atoms with E-state index in [1.807, 2.05) is 18.2 Å². The summed E-state index contributed by atoms with van der Waals surface area (Å²) in [6, 6.07) is 10.1. The Labute approximate surface area is 126 Å². The Morgan fingerprint density at radius 2 is 1.86 bits per heavy atom. The van der Waals surface area contributed by atoms with Gasteiger partial charge in [0.1, 0.15) is 0 Å². The van der Waals surface area contributed by atoms with Crippen LogP contribution in [0.3, 0.4) is 0 Å². The fourth-order valence-electron chi connectivity index (χ4n) is 2.56. The van der Waals surface area contributed by atoms with Crippen molar-refractivity contribution in [2.75, 3.05) is 19.8 Å². The van der Waals surface area contributed by atoms with Gasteiger partial charge in [-0.25, -0.2) is 0 Å². The topological polar surface area (TPSA) is 58.8 Å². The molecule has 1 aromatic carbocycles. The first kappa shape index (κ1) is 16.7. The molecule has 1 fully saturated rings. The van der Waals surface area contributed by atoms with Gasteiger partial charge in [0.25, 0.3) is 0 Å². The Hall–Kier alpha value is -0.710. The van der Waals surface area contributed by atoms with Gasteiger partial charge in [-0.1, -0.05) is 30.3 Å². The first-order valence-corrected chi connectivity index (χ1v) is 9.02. The van der Waals surface area contributed by atoms with Crippen molar-refractivity contribution >= 4 is 7.60 Å². The Morgan fingerprint density at radius 3 is 2.38 bits per heavy atom. The molecule has 1 heterocycles. The molecule has 1 N–H and O–H groups in total. The fraction of sp³-hybridized carbons (Fsp3) is 0.600. The predicted octanol–water partition coefficient (Wildman–Crippen LogP) is 3.02. The summed E-state index contributed by atoms with van der Waals surface area (Å²) < 4.78 is 23.0. The number of aliphatic hydroxyl groups is 1.